The van der Waals surface area contributed by atoms with Crippen molar-refractivity contribution in [2.75, 3.05) is 24.7 Å². The van der Waals surface area contributed by atoms with Gasteiger partial charge in [0.25, 0.3) is 0 Å². The molecule has 0 saturated carbocycles. The lowest BCUT2D eigenvalue weighted by Gasteiger charge is -2.38. The van der Waals surface area contributed by atoms with Crippen molar-refractivity contribution in [1.29, 1.82) is 0 Å². The number of ether oxygens (including phenoxy) is 1. The van der Waals surface area contributed by atoms with E-state index in [-0.39, 0.29) is 17.6 Å². The Labute approximate surface area is 126 Å². The Hall–Kier alpha value is -0.260. The maximum Gasteiger partial charge on any atom is 0.221 e. The highest BCUT2D eigenvalue weighted by molar-refractivity contribution is 7.99. The second kappa shape index (κ2) is 7.66. The molecule has 2 N–H and O–H groups in total. The number of thioether (sulfide) groups is 1. The maximum atomic E-state index is 11.7. The van der Waals surface area contributed by atoms with Crippen LogP contribution >= 0.6 is 11.8 Å². The zero-order chi connectivity index (χ0) is 14.4. The SMILES string of the molecule is CCC(C)NC(=O)CCNC1CCOC2(CCSC2)C1. The van der Waals surface area contributed by atoms with Crippen LogP contribution in [0.5, 0.6) is 0 Å². The van der Waals surface area contributed by atoms with Crippen molar-refractivity contribution in [2.45, 2.75) is 63.6 Å². The van der Waals surface area contributed by atoms with Crippen LogP contribution < -0.4 is 10.6 Å². The van der Waals surface area contributed by atoms with E-state index >= 15 is 0 Å². The molecular formula is C15H28N2O2S. The molecule has 0 aromatic rings. The van der Waals surface area contributed by atoms with Crippen LogP contribution in [0.15, 0.2) is 0 Å². The highest BCUT2D eigenvalue weighted by Crippen LogP contribution is 2.38. The molecule has 0 aromatic heterocycles. The van der Waals surface area contributed by atoms with Crippen LogP contribution in [0.4, 0.5) is 0 Å². The molecule has 1 amide bonds. The Kier molecular flexibility index (Phi) is 6.18. The van der Waals surface area contributed by atoms with Gasteiger partial charge in [-0.05, 0) is 38.4 Å². The van der Waals surface area contributed by atoms with Crippen LogP contribution in [-0.4, -0.2) is 48.2 Å². The lowest BCUT2D eigenvalue weighted by atomic mass is 9.90. The summed E-state index contributed by atoms with van der Waals surface area (Å²) in [5.41, 5.74) is 0.125. The molecule has 2 fully saturated rings. The van der Waals surface area contributed by atoms with E-state index in [1.54, 1.807) is 0 Å². The fourth-order valence-electron chi connectivity index (χ4n) is 2.90. The Balaban J connectivity index is 1.65. The number of rotatable bonds is 6. The number of carbonyl (C=O) groups is 1. The van der Waals surface area contributed by atoms with E-state index in [0.717, 1.165) is 38.2 Å². The second-order valence-electron chi connectivity index (χ2n) is 6.10. The minimum Gasteiger partial charge on any atom is -0.374 e. The first kappa shape index (κ1) is 16.1. The summed E-state index contributed by atoms with van der Waals surface area (Å²) in [6.07, 6.45) is 4.92. The Morgan fingerprint density at radius 3 is 3.10 bits per heavy atom. The molecule has 1 spiro atoms. The quantitative estimate of drug-likeness (QED) is 0.787. The van der Waals surface area contributed by atoms with E-state index in [0.29, 0.717) is 12.5 Å². The lowest BCUT2D eigenvalue weighted by Crippen LogP contribution is -2.47. The minimum atomic E-state index is 0.125. The minimum absolute atomic E-state index is 0.125. The van der Waals surface area contributed by atoms with Gasteiger partial charge in [0.1, 0.15) is 0 Å². The first-order chi connectivity index (χ1) is 9.63. The third-order valence-corrected chi connectivity index (χ3v) is 5.59. The standard InChI is InChI=1S/C15H28N2O2S/c1-3-12(2)17-14(18)4-7-16-13-5-8-19-15(10-13)6-9-20-11-15/h12-13,16H,3-11H2,1-2H3,(H,17,18). The largest absolute Gasteiger partial charge is 0.374 e. The van der Waals surface area contributed by atoms with Gasteiger partial charge in [-0.1, -0.05) is 6.92 Å². The zero-order valence-corrected chi connectivity index (χ0v) is 13.6. The van der Waals surface area contributed by atoms with Crippen molar-refractivity contribution >= 4 is 17.7 Å². The molecule has 2 aliphatic heterocycles. The number of hydrogen-bond acceptors (Lipinski definition) is 4. The molecule has 0 radical (unpaired) electrons. The summed E-state index contributed by atoms with van der Waals surface area (Å²) in [7, 11) is 0. The van der Waals surface area contributed by atoms with Crippen LogP contribution in [0.3, 0.4) is 0 Å². The topological polar surface area (TPSA) is 50.4 Å². The van der Waals surface area contributed by atoms with Crippen LogP contribution in [0.25, 0.3) is 0 Å². The Morgan fingerprint density at radius 1 is 1.55 bits per heavy atom. The normalized spacial score (nSPS) is 31.4. The van der Waals surface area contributed by atoms with Crippen molar-refractivity contribution in [3.05, 3.63) is 0 Å². The molecule has 2 rings (SSSR count). The van der Waals surface area contributed by atoms with E-state index in [1.165, 1.54) is 12.2 Å². The van der Waals surface area contributed by atoms with E-state index in [1.807, 2.05) is 18.7 Å². The summed E-state index contributed by atoms with van der Waals surface area (Å²) in [6, 6.07) is 0.795. The summed E-state index contributed by atoms with van der Waals surface area (Å²) in [5, 5.41) is 6.55. The van der Waals surface area contributed by atoms with Gasteiger partial charge in [0.05, 0.1) is 5.60 Å². The average Bonchev–Trinajstić information content (AvgIpc) is 2.86. The van der Waals surface area contributed by atoms with Crippen molar-refractivity contribution in [1.82, 2.24) is 10.6 Å². The van der Waals surface area contributed by atoms with E-state index in [4.69, 9.17) is 4.74 Å². The molecule has 0 bridgehead atoms. The van der Waals surface area contributed by atoms with Crippen molar-refractivity contribution < 1.29 is 9.53 Å². The molecule has 5 heteroatoms. The summed E-state index contributed by atoms with van der Waals surface area (Å²) >= 11 is 2.00. The summed E-state index contributed by atoms with van der Waals surface area (Å²) in [6.45, 7) is 5.77. The monoisotopic (exact) mass is 300 g/mol. The third-order valence-electron chi connectivity index (χ3n) is 4.36. The predicted molar refractivity (Wildman–Crippen MR) is 84.2 cm³/mol. The Bertz CT molecular complexity index is 319. The molecule has 0 aromatic carbocycles. The number of amides is 1. The molecule has 116 valence electrons. The molecule has 20 heavy (non-hydrogen) atoms. The van der Waals surface area contributed by atoms with Gasteiger partial charge < -0.3 is 15.4 Å². The van der Waals surface area contributed by atoms with Crippen LogP contribution in [0.2, 0.25) is 0 Å². The molecule has 3 unspecified atom stereocenters. The van der Waals surface area contributed by atoms with Gasteiger partial charge in [0.2, 0.25) is 5.91 Å². The van der Waals surface area contributed by atoms with Crippen LogP contribution in [0, 0.1) is 0 Å². The van der Waals surface area contributed by atoms with Crippen LogP contribution in [0.1, 0.15) is 46.0 Å². The maximum absolute atomic E-state index is 11.7. The molecule has 2 saturated heterocycles. The van der Waals surface area contributed by atoms with E-state index < -0.39 is 0 Å². The number of nitrogens with one attached hydrogen (secondary N) is 2. The van der Waals surface area contributed by atoms with Crippen LogP contribution in [-0.2, 0) is 9.53 Å². The molecule has 0 aliphatic carbocycles. The zero-order valence-electron chi connectivity index (χ0n) is 12.7. The van der Waals surface area contributed by atoms with Crippen molar-refractivity contribution in [2.24, 2.45) is 0 Å². The average molecular weight is 300 g/mol. The van der Waals surface area contributed by atoms with Gasteiger partial charge in [-0.2, -0.15) is 11.8 Å². The van der Waals surface area contributed by atoms with E-state index in [2.05, 4.69) is 17.6 Å². The predicted octanol–water partition coefficient (Wildman–Crippen LogP) is 1.94. The second-order valence-corrected chi connectivity index (χ2v) is 7.21. The van der Waals surface area contributed by atoms with Gasteiger partial charge in [-0.3, -0.25) is 4.79 Å². The van der Waals surface area contributed by atoms with Crippen molar-refractivity contribution in [3.63, 3.8) is 0 Å². The summed E-state index contributed by atoms with van der Waals surface area (Å²) in [5.74, 6) is 2.52. The molecule has 2 aliphatic rings. The van der Waals surface area contributed by atoms with Gasteiger partial charge in [-0.25, -0.2) is 0 Å². The molecule has 4 nitrogen and oxygen atoms in total. The fourth-order valence-corrected chi connectivity index (χ4v) is 4.28. The molecular weight excluding hydrogens is 272 g/mol. The highest BCUT2D eigenvalue weighted by Gasteiger charge is 2.40. The van der Waals surface area contributed by atoms with Crippen molar-refractivity contribution in [3.8, 4) is 0 Å². The highest BCUT2D eigenvalue weighted by atomic mass is 32.2. The molecule has 2 heterocycles. The fraction of sp³-hybridized carbons (Fsp3) is 0.933. The van der Waals surface area contributed by atoms with Gasteiger partial charge >= 0.3 is 0 Å². The van der Waals surface area contributed by atoms with Gasteiger partial charge in [0, 0.05) is 37.4 Å². The third kappa shape index (κ3) is 4.64. The molecule has 3 atom stereocenters. The smallest absolute Gasteiger partial charge is 0.221 e. The first-order valence-corrected chi connectivity index (χ1v) is 9.03. The Morgan fingerprint density at radius 2 is 2.40 bits per heavy atom. The summed E-state index contributed by atoms with van der Waals surface area (Å²) in [4.78, 5) is 11.7. The van der Waals surface area contributed by atoms with Gasteiger partial charge in [0.15, 0.2) is 0 Å². The number of carbonyl (C=O) groups excluding carboxylic acids is 1. The first-order valence-electron chi connectivity index (χ1n) is 7.88. The number of hydrogen-bond donors (Lipinski definition) is 2. The lowest BCUT2D eigenvalue weighted by molar-refractivity contribution is -0.121. The summed E-state index contributed by atoms with van der Waals surface area (Å²) < 4.78 is 6.01. The van der Waals surface area contributed by atoms with E-state index in [9.17, 15) is 4.79 Å². The van der Waals surface area contributed by atoms with Gasteiger partial charge in [-0.15, -0.1) is 0 Å².